The molecule has 0 saturated carbocycles. The number of nitrogens with zero attached hydrogens (tertiary/aromatic N) is 1. The Kier molecular flexibility index (Phi) is 9.13. The molecule has 0 saturated heterocycles. The van der Waals surface area contributed by atoms with E-state index in [1.807, 2.05) is 6.92 Å². The summed E-state index contributed by atoms with van der Waals surface area (Å²) in [7, 11) is -3.47. The molecule has 0 unspecified atom stereocenters. The molecule has 102 valence electrons. The molecule has 0 aromatic heterocycles. The molecule has 0 aromatic rings. The van der Waals surface area contributed by atoms with E-state index in [0.717, 1.165) is 12.8 Å². The van der Waals surface area contributed by atoms with Gasteiger partial charge in [-0.25, -0.2) is 0 Å². The van der Waals surface area contributed by atoms with Gasteiger partial charge in [0, 0.05) is 0 Å². The Labute approximate surface area is 106 Å². The first-order chi connectivity index (χ1) is 8.02. The van der Waals surface area contributed by atoms with Gasteiger partial charge in [0.15, 0.2) is 0 Å². The van der Waals surface area contributed by atoms with Crippen LogP contribution in [0, 0.1) is 0 Å². The van der Waals surface area contributed by atoms with Crippen LogP contribution in [0.3, 0.4) is 0 Å². The van der Waals surface area contributed by atoms with E-state index >= 15 is 0 Å². The van der Waals surface area contributed by atoms with E-state index in [9.17, 15) is 8.42 Å². The Morgan fingerprint density at radius 3 is 2.24 bits per heavy atom. The number of rotatable bonds is 10. The lowest BCUT2D eigenvalue weighted by Crippen LogP contribution is -2.08. The molecular weight excluding hydrogens is 238 g/mol. The van der Waals surface area contributed by atoms with Gasteiger partial charge in [0.25, 0.3) is 0 Å². The van der Waals surface area contributed by atoms with Gasteiger partial charge in [0.1, 0.15) is 0 Å². The summed E-state index contributed by atoms with van der Waals surface area (Å²) in [4.78, 5) is 0. The number of hydrogen-bond acceptors (Lipinski definition) is 4. The third-order valence-corrected chi connectivity index (χ3v) is 3.66. The maximum atomic E-state index is 11.4. The van der Waals surface area contributed by atoms with Crippen molar-refractivity contribution < 1.29 is 12.7 Å². The summed E-state index contributed by atoms with van der Waals surface area (Å²) in [5, 5.41) is 3.57. The second-order valence-corrected chi connectivity index (χ2v) is 5.96. The topological polar surface area (TPSA) is 55.7 Å². The molecule has 0 spiro atoms. The van der Waals surface area contributed by atoms with E-state index in [-0.39, 0.29) is 5.75 Å². The number of oxime groups is 1. The molecule has 5 heteroatoms. The van der Waals surface area contributed by atoms with E-state index in [4.69, 9.17) is 0 Å². The summed E-state index contributed by atoms with van der Waals surface area (Å²) >= 11 is 0. The fourth-order valence-corrected chi connectivity index (χ4v) is 2.15. The van der Waals surface area contributed by atoms with Gasteiger partial charge in [-0.1, -0.05) is 51.1 Å². The fraction of sp³-hybridized carbons (Fsp3) is 0.917. The van der Waals surface area contributed by atoms with Gasteiger partial charge in [-0.05, 0) is 19.8 Å². The van der Waals surface area contributed by atoms with E-state index in [1.54, 1.807) is 6.92 Å². The molecule has 17 heavy (non-hydrogen) atoms. The molecule has 4 nitrogen and oxygen atoms in total. The highest BCUT2D eigenvalue weighted by Gasteiger charge is 2.10. The second-order valence-electron chi connectivity index (χ2n) is 4.28. The largest absolute Gasteiger partial charge is 0.328 e. The molecule has 0 fully saturated rings. The second kappa shape index (κ2) is 9.45. The number of unbranched alkanes of at least 4 members (excludes halogenated alkanes) is 5. The van der Waals surface area contributed by atoms with Crippen molar-refractivity contribution in [2.75, 3.05) is 5.75 Å². The van der Waals surface area contributed by atoms with Crippen molar-refractivity contribution in [3.8, 4) is 0 Å². The average molecular weight is 263 g/mol. The van der Waals surface area contributed by atoms with Crippen molar-refractivity contribution in [1.82, 2.24) is 0 Å². The van der Waals surface area contributed by atoms with Crippen molar-refractivity contribution >= 4 is 15.8 Å². The van der Waals surface area contributed by atoms with Crippen LogP contribution < -0.4 is 0 Å². The molecule has 0 radical (unpaired) electrons. The third kappa shape index (κ3) is 10.3. The Hall–Kier alpha value is -0.580. The van der Waals surface area contributed by atoms with Crippen molar-refractivity contribution in [2.24, 2.45) is 5.16 Å². The van der Waals surface area contributed by atoms with Crippen molar-refractivity contribution in [2.45, 2.75) is 65.7 Å². The quantitative estimate of drug-likeness (QED) is 0.344. The molecule has 0 heterocycles. The first-order valence-electron chi connectivity index (χ1n) is 6.46. The normalized spacial score (nSPS) is 12.8. The Balaban J connectivity index is 3.72. The summed E-state index contributed by atoms with van der Waals surface area (Å²) in [6.07, 6.45) is 7.01. The van der Waals surface area contributed by atoms with Crippen molar-refractivity contribution in [3.05, 3.63) is 0 Å². The molecular formula is C12H25NO3S. The summed E-state index contributed by atoms with van der Waals surface area (Å²) in [6, 6.07) is 0. The first kappa shape index (κ1) is 16.4. The van der Waals surface area contributed by atoms with Crippen LogP contribution in [0.2, 0.25) is 0 Å². The molecule has 0 rings (SSSR count). The highest BCUT2D eigenvalue weighted by Crippen LogP contribution is 2.07. The highest BCUT2D eigenvalue weighted by atomic mass is 32.2. The summed E-state index contributed by atoms with van der Waals surface area (Å²) in [5.74, 6) is 0.0691. The fourth-order valence-electron chi connectivity index (χ4n) is 1.28. The molecule has 0 aliphatic carbocycles. The van der Waals surface area contributed by atoms with Gasteiger partial charge in [0.2, 0.25) is 0 Å². The van der Waals surface area contributed by atoms with E-state index in [2.05, 4.69) is 16.4 Å². The zero-order valence-electron chi connectivity index (χ0n) is 11.2. The standard InChI is InChI=1S/C12H25NO3S/c1-4-6-7-8-9-10-11-17(14,15)16-13-12(3)5-2/h4-11H2,1-3H3. The maximum absolute atomic E-state index is 11.4. The zero-order valence-corrected chi connectivity index (χ0v) is 12.1. The lowest BCUT2D eigenvalue weighted by molar-refractivity contribution is 0.336. The molecule has 0 aliphatic rings. The van der Waals surface area contributed by atoms with E-state index < -0.39 is 10.1 Å². The van der Waals surface area contributed by atoms with Gasteiger partial charge >= 0.3 is 10.1 Å². The predicted octanol–water partition coefficient (Wildman–Crippen LogP) is 3.48. The average Bonchev–Trinajstić information content (AvgIpc) is 2.30. The summed E-state index contributed by atoms with van der Waals surface area (Å²) < 4.78 is 27.4. The predicted molar refractivity (Wildman–Crippen MR) is 71.6 cm³/mol. The minimum absolute atomic E-state index is 0.0691. The van der Waals surface area contributed by atoms with Crippen molar-refractivity contribution in [1.29, 1.82) is 0 Å². The lowest BCUT2D eigenvalue weighted by Gasteiger charge is -2.02. The summed E-state index contributed by atoms with van der Waals surface area (Å²) in [6.45, 7) is 5.81. The smallest absolute Gasteiger partial charge is 0.269 e. The molecule has 0 amide bonds. The first-order valence-corrected chi connectivity index (χ1v) is 8.04. The van der Waals surface area contributed by atoms with Crippen LogP contribution >= 0.6 is 0 Å². The highest BCUT2D eigenvalue weighted by molar-refractivity contribution is 7.86. The monoisotopic (exact) mass is 263 g/mol. The van der Waals surface area contributed by atoms with Crippen LogP contribution in [0.1, 0.15) is 65.7 Å². The van der Waals surface area contributed by atoms with Gasteiger partial charge < -0.3 is 0 Å². The molecule has 0 aromatic carbocycles. The molecule has 0 bridgehead atoms. The van der Waals surface area contributed by atoms with Crippen LogP contribution in [0.25, 0.3) is 0 Å². The van der Waals surface area contributed by atoms with Crippen LogP contribution in [-0.4, -0.2) is 19.9 Å². The summed E-state index contributed by atoms with van der Waals surface area (Å²) in [5.41, 5.74) is 0.691. The van der Waals surface area contributed by atoms with Gasteiger partial charge in [-0.2, -0.15) is 8.42 Å². The molecule has 0 aliphatic heterocycles. The zero-order chi connectivity index (χ0) is 13.1. The van der Waals surface area contributed by atoms with Crippen LogP contribution in [0.5, 0.6) is 0 Å². The van der Waals surface area contributed by atoms with Gasteiger partial charge in [-0.3, -0.25) is 4.28 Å². The van der Waals surface area contributed by atoms with E-state index in [0.29, 0.717) is 18.6 Å². The number of hydrogen-bond donors (Lipinski definition) is 0. The third-order valence-electron chi connectivity index (χ3n) is 2.57. The van der Waals surface area contributed by atoms with Crippen LogP contribution in [0.4, 0.5) is 0 Å². The van der Waals surface area contributed by atoms with Crippen molar-refractivity contribution in [3.63, 3.8) is 0 Å². The Morgan fingerprint density at radius 2 is 1.65 bits per heavy atom. The van der Waals surface area contributed by atoms with Gasteiger partial charge in [-0.15, -0.1) is 0 Å². The Morgan fingerprint density at radius 1 is 1.06 bits per heavy atom. The minimum Gasteiger partial charge on any atom is -0.269 e. The Bertz CT molecular complexity index is 310. The minimum atomic E-state index is -3.47. The lowest BCUT2D eigenvalue weighted by atomic mass is 10.1. The SMILES string of the molecule is CCCCCCCCS(=O)(=O)ON=C(C)CC. The van der Waals surface area contributed by atoms with Crippen LogP contribution in [0.15, 0.2) is 5.16 Å². The van der Waals surface area contributed by atoms with E-state index in [1.165, 1.54) is 19.3 Å². The molecule has 0 atom stereocenters. The molecule has 0 N–H and O–H groups in total. The maximum Gasteiger partial charge on any atom is 0.328 e. The van der Waals surface area contributed by atoms with Gasteiger partial charge in [0.05, 0.1) is 11.5 Å². The van der Waals surface area contributed by atoms with Crippen LogP contribution in [-0.2, 0) is 14.4 Å².